The molecular weight excluding hydrogens is 384 g/mol. The number of hydrogen-bond donors (Lipinski definition) is 0. The minimum atomic E-state index is 0.544. The molecule has 0 aliphatic heterocycles. The molecule has 6 heteroatoms. The Hall–Kier alpha value is -1.92. The average molecular weight is 411 g/mol. The standard InChI is InChI=1S/C22H26N4S2/c1-3-12-26-20(17-9-5-4-6-10-17)24-25-22(26)28-15-19-14-27-21(23-19)18-11-7-8-16(2)13-18/h3,7-8,11,13-14,17H,1,4-6,9-10,12,15H2,2H3. The minimum Gasteiger partial charge on any atom is -0.302 e. The zero-order chi connectivity index (χ0) is 19.3. The summed E-state index contributed by atoms with van der Waals surface area (Å²) in [4.78, 5) is 4.83. The molecule has 1 saturated carbocycles. The van der Waals surface area contributed by atoms with Gasteiger partial charge in [0.25, 0.3) is 0 Å². The maximum atomic E-state index is 4.83. The molecule has 1 aliphatic carbocycles. The van der Waals surface area contributed by atoms with Crippen LogP contribution in [0.4, 0.5) is 0 Å². The average Bonchev–Trinajstić information content (AvgIpc) is 3.35. The van der Waals surface area contributed by atoms with Crippen molar-refractivity contribution in [3.8, 4) is 10.6 Å². The zero-order valence-electron chi connectivity index (χ0n) is 16.3. The second-order valence-corrected chi connectivity index (χ2v) is 9.18. The Morgan fingerprint density at radius 1 is 1.25 bits per heavy atom. The topological polar surface area (TPSA) is 43.6 Å². The van der Waals surface area contributed by atoms with Crippen LogP contribution in [0.15, 0.2) is 47.5 Å². The van der Waals surface area contributed by atoms with Crippen molar-refractivity contribution in [1.82, 2.24) is 19.7 Å². The lowest BCUT2D eigenvalue weighted by molar-refractivity contribution is 0.415. The molecular formula is C22H26N4S2. The van der Waals surface area contributed by atoms with Crippen molar-refractivity contribution >= 4 is 23.1 Å². The van der Waals surface area contributed by atoms with Gasteiger partial charge in [-0.2, -0.15) is 0 Å². The highest BCUT2D eigenvalue weighted by Crippen LogP contribution is 2.34. The van der Waals surface area contributed by atoms with Gasteiger partial charge in [0.05, 0.1) is 5.69 Å². The number of nitrogens with zero attached hydrogens (tertiary/aromatic N) is 4. The van der Waals surface area contributed by atoms with E-state index in [1.807, 2.05) is 6.08 Å². The minimum absolute atomic E-state index is 0.544. The Kier molecular flexibility index (Phi) is 6.27. The van der Waals surface area contributed by atoms with Crippen molar-refractivity contribution in [1.29, 1.82) is 0 Å². The fraction of sp³-hybridized carbons (Fsp3) is 0.409. The lowest BCUT2D eigenvalue weighted by Crippen LogP contribution is -2.12. The predicted molar refractivity (Wildman–Crippen MR) is 118 cm³/mol. The monoisotopic (exact) mass is 410 g/mol. The summed E-state index contributed by atoms with van der Waals surface area (Å²) in [7, 11) is 0. The highest BCUT2D eigenvalue weighted by Gasteiger charge is 2.23. The first-order chi connectivity index (χ1) is 13.7. The van der Waals surface area contributed by atoms with E-state index in [4.69, 9.17) is 4.98 Å². The van der Waals surface area contributed by atoms with Crippen molar-refractivity contribution in [2.75, 3.05) is 0 Å². The molecule has 1 aromatic carbocycles. The molecule has 1 fully saturated rings. The Balaban J connectivity index is 1.47. The van der Waals surface area contributed by atoms with Gasteiger partial charge in [0.2, 0.25) is 0 Å². The van der Waals surface area contributed by atoms with Gasteiger partial charge in [-0.1, -0.05) is 60.9 Å². The highest BCUT2D eigenvalue weighted by atomic mass is 32.2. The fourth-order valence-electron chi connectivity index (χ4n) is 3.79. The molecule has 3 aromatic rings. The molecule has 146 valence electrons. The molecule has 0 atom stereocenters. The van der Waals surface area contributed by atoms with Gasteiger partial charge in [0, 0.05) is 29.2 Å². The van der Waals surface area contributed by atoms with E-state index >= 15 is 0 Å². The predicted octanol–water partition coefficient (Wildman–Crippen LogP) is 6.24. The van der Waals surface area contributed by atoms with Crippen LogP contribution in [0, 0.1) is 6.92 Å². The lowest BCUT2D eigenvalue weighted by atomic mass is 9.89. The van der Waals surface area contributed by atoms with Crippen LogP contribution in [-0.2, 0) is 12.3 Å². The molecule has 0 bridgehead atoms. The summed E-state index contributed by atoms with van der Waals surface area (Å²) in [5.41, 5.74) is 3.55. The normalized spacial score (nSPS) is 15.0. The first kappa shape index (κ1) is 19.4. The van der Waals surface area contributed by atoms with Gasteiger partial charge < -0.3 is 4.57 Å². The fourth-order valence-corrected chi connectivity index (χ4v) is 5.56. The molecule has 0 unspecified atom stereocenters. The van der Waals surface area contributed by atoms with Crippen molar-refractivity contribution in [3.63, 3.8) is 0 Å². The maximum absolute atomic E-state index is 4.83. The van der Waals surface area contributed by atoms with Gasteiger partial charge in [0.1, 0.15) is 10.8 Å². The molecule has 1 aliphatic rings. The van der Waals surface area contributed by atoms with Crippen molar-refractivity contribution < 1.29 is 0 Å². The van der Waals surface area contributed by atoms with E-state index in [9.17, 15) is 0 Å². The smallest absolute Gasteiger partial charge is 0.191 e. The summed E-state index contributed by atoms with van der Waals surface area (Å²) in [5, 5.41) is 13.3. The first-order valence-corrected chi connectivity index (χ1v) is 11.8. The van der Waals surface area contributed by atoms with Gasteiger partial charge in [-0.3, -0.25) is 0 Å². The van der Waals surface area contributed by atoms with E-state index in [2.05, 4.69) is 57.9 Å². The van der Waals surface area contributed by atoms with Crippen LogP contribution in [0.25, 0.3) is 10.6 Å². The van der Waals surface area contributed by atoms with E-state index in [1.54, 1.807) is 23.1 Å². The third-order valence-corrected chi connectivity index (χ3v) is 7.13. The second kappa shape index (κ2) is 9.05. The summed E-state index contributed by atoms with van der Waals surface area (Å²) >= 11 is 3.43. The zero-order valence-corrected chi connectivity index (χ0v) is 17.9. The second-order valence-electron chi connectivity index (χ2n) is 7.38. The molecule has 4 nitrogen and oxygen atoms in total. The van der Waals surface area contributed by atoms with E-state index in [0.29, 0.717) is 5.92 Å². The molecule has 2 heterocycles. The lowest BCUT2D eigenvalue weighted by Gasteiger charge is -2.21. The molecule has 2 aromatic heterocycles. The number of benzene rings is 1. The van der Waals surface area contributed by atoms with E-state index < -0.39 is 0 Å². The van der Waals surface area contributed by atoms with Crippen LogP contribution >= 0.6 is 23.1 Å². The van der Waals surface area contributed by atoms with Gasteiger partial charge in [-0.05, 0) is 25.8 Å². The molecule has 0 amide bonds. The molecule has 0 saturated heterocycles. The maximum Gasteiger partial charge on any atom is 0.191 e. The van der Waals surface area contributed by atoms with Crippen molar-refractivity contribution in [2.24, 2.45) is 0 Å². The number of allylic oxidation sites excluding steroid dienone is 1. The van der Waals surface area contributed by atoms with Crippen LogP contribution in [0.2, 0.25) is 0 Å². The van der Waals surface area contributed by atoms with Crippen LogP contribution in [0.1, 0.15) is 55.1 Å². The summed E-state index contributed by atoms with van der Waals surface area (Å²) in [5.74, 6) is 2.49. The van der Waals surface area contributed by atoms with Crippen LogP contribution in [-0.4, -0.2) is 19.7 Å². The quantitative estimate of drug-likeness (QED) is 0.342. The van der Waals surface area contributed by atoms with E-state index in [0.717, 1.165) is 34.0 Å². The van der Waals surface area contributed by atoms with Gasteiger partial charge in [-0.25, -0.2) is 4.98 Å². The molecule has 0 N–H and O–H groups in total. The SMILES string of the molecule is C=CCn1c(SCc2csc(-c3cccc(C)c3)n2)nnc1C1CCCCC1. The number of hydrogen-bond acceptors (Lipinski definition) is 5. The van der Waals surface area contributed by atoms with Gasteiger partial charge in [0.15, 0.2) is 5.16 Å². The highest BCUT2D eigenvalue weighted by molar-refractivity contribution is 7.98. The van der Waals surface area contributed by atoms with Crippen molar-refractivity contribution in [3.05, 3.63) is 59.4 Å². The Labute approximate surface area is 175 Å². The Morgan fingerprint density at radius 2 is 2.11 bits per heavy atom. The number of thioether (sulfide) groups is 1. The van der Waals surface area contributed by atoms with E-state index in [-0.39, 0.29) is 0 Å². The third kappa shape index (κ3) is 4.39. The summed E-state index contributed by atoms with van der Waals surface area (Å²) in [6.07, 6.45) is 8.35. The number of thiazole rings is 1. The van der Waals surface area contributed by atoms with Crippen LogP contribution in [0.5, 0.6) is 0 Å². The molecule has 4 rings (SSSR count). The molecule has 0 radical (unpaired) electrons. The van der Waals surface area contributed by atoms with Crippen molar-refractivity contribution in [2.45, 2.75) is 62.4 Å². The summed E-state index contributed by atoms with van der Waals surface area (Å²) < 4.78 is 2.25. The van der Waals surface area contributed by atoms with E-state index in [1.165, 1.54) is 43.2 Å². The van der Waals surface area contributed by atoms with Gasteiger partial charge >= 0.3 is 0 Å². The summed E-state index contributed by atoms with van der Waals surface area (Å²) in [6, 6.07) is 8.52. The number of aromatic nitrogens is 4. The number of aryl methyl sites for hydroxylation is 1. The molecule has 0 spiro atoms. The van der Waals surface area contributed by atoms with Crippen LogP contribution in [0.3, 0.4) is 0 Å². The first-order valence-electron chi connectivity index (χ1n) is 9.93. The van der Waals surface area contributed by atoms with Crippen LogP contribution < -0.4 is 0 Å². The number of rotatable bonds is 7. The Bertz CT molecular complexity index is 938. The third-order valence-electron chi connectivity index (χ3n) is 5.19. The summed E-state index contributed by atoms with van der Waals surface area (Å²) in [6.45, 7) is 6.81. The van der Waals surface area contributed by atoms with Gasteiger partial charge in [-0.15, -0.1) is 28.1 Å². The molecule has 28 heavy (non-hydrogen) atoms. The largest absolute Gasteiger partial charge is 0.302 e. The Morgan fingerprint density at radius 3 is 2.89 bits per heavy atom.